The van der Waals surface area contributed by atoms with Gasteiger partial charge < -0.3 is 9.64 Å². The van der Waals surface area contributed by atoms with E-state index >= 15 is 0 Å². The Hall–Kier alpha value is -2.81. The number of rotatable bonds is 2. The van der Waals surface area contributed by atoms with E-state index in [0.29, 0.717) is 42.5 Å². The Kier molecular flexibility index (Phi) is 3.72. The third-order valence-electron chi connectivity index (χ3n) is 4.48. The summed E-state index contributed by atoms with van der Waals surface area (Å²) in [6.07, 6.45) is 5.26. The molecule has 0 bridgehead atoms. The summed E-state index contributed by atoms with van der Waals surface area (Å²) in [6.45, 7) is 3.62. The average Bonchev–Trinajstić information content (AvgIpc) is 3.06. The smallest absolute Gasteiger partial charge is 0.279 e. The number of hydrogen-bond acceptors (Lipinski definition) is 7. The first-order valence-corrected chi connectivity index (χ1v) is 8.08. The molecule has 1 fully saturated rings. The van der Waals surface area contributed by atoms with Crippen LogP contribution in [0.4, 0.5) is 5.95 Å². The molecule has 4 rings (SSSR count). The highest BCUT2D eigenvalue weighted by molar-refractivity contribution is 5.73. The molecule has 0 aromatic carbocycles. The first kappa shape index (κ1) is 15.7. The molecule has 0 N–H and O–H groups in total. The first-order chi connectivity index (χ1) is 12.0. The van der Waals surface area contributed by atoms with Gasteiger partial charge in [-0.25, -0.2) is 15.0 Å². The molecule has 1 aliphatic heterocycles. The number of ether oxygens (including phenoxy) is 1. The van der Waals surface area contributed by atoms with Gasteiger partial charge in [-0.15, -0.1) is 0 Å². The highest BCUT2D eigenvalue weighted by Gasteiger charge is 2.25. The highest BCUT2D eigenvalue weighted by atomic mass is 16.5. The number of hydrogen-bond donors (Lipinski definition) is 0. The van der Waals surface area contributed by atoms with Crippen molar-refractivity contribution in [3.05, 3.63) is 40.3 Å². The van der Waals surface area contributed by atoms with Crippen LogP contribution < -0.4 is 10.5 Å². The summed E-state index contributed by atoms with van der Waals surface area (Å²) >= 11 is 0. The van der Waals surface area contributed by atoms with Crippen molar-refractivity contribution in [1.82, 2.24) is 29.3 Å². The van der Waals surface area contributed by atoms with E-state index in [1.54, 1.807) is 31.0 Å². The first-order valence-electron chi connectivity index (χ1n) is 8.08. The predicted octanol–water partition coefficient (Wildman–Crippen LogP) is 0.343. The molecule has 1 atom stereocenters. The maximum absolute atomic E-state index is 12.5. The van der Waals surface area contributed by atoms with Crippen molar-refractivity contribution in [3.63, 3.8) is 0 Å². The molecular weight excluding hydrogens is 322 g/mol. The Morgan fingerprint density at radius 3 is 2.84 bits per heavy atom. The van der Waals surface area contributed by atoms with E-state index in [9.17, 15) is 4.79 Å². The fourth-order valence-corrected chi connectivity index (χ4v) is 2.95. The maximum atomic E-state index is 12.5. The second-order valence-corrected chi connectivity index (χ2v) is 6.18. The Bertz CT molecular complexity index is 994. The monoisotopic (exact) mass is 341 g/mol. The zero-order chi connectivity index (χ0) is 17.6. The topological polar surface area (TPSA) is 91.0 Å². The van der Waals surface area contributed by atoms with E-state index in [0.717, 1.165) is 5.56 Å². The highest BCUT2D eigenvalue weighted by Crippen LogP contribution is 2.24. The molecule has 25 heavy (non-hydrogen) atoms. The molecule has 9 heteroatoms. The van der Waals surface area contributed by atoms with Crippen molar-refractivity contribution in [3.8, 4) is 0 Å². The Labute approximate surface area is 143 Å². The van der Waals surface area contributed by atoms with Gasteiger partial charge in [0.1, 0.15) is 17.4 Å². The molecule has 4 heterocycles. The van der Waals surface area contributed by atoms with Crippen molar-refractivity contribution < 1.29 is 4.74 Å². The lowest BCUT2D eigenvalue weighted by Gasteiger charge is -2.32. The molecule has 130 valence electrons. The summed E-state index contributed by atoms with van der Waals surface area (Å²) in [5.41, 5.74) is 1.70. The van der Waals surface area contributed by atoms with Gasteiger partial charge in [-0.2, -0.15) is 5.10 Å². The van der Waals surface area contributed by atoms with Crippen LogP contribution in [0.2, 0.25) is 0 Å². The van der Waals surface area contributed by atoms with E-state index in [4.69, 9.17) is 4.74 Å². The van der Waals surface area contributed by atoms with E-state index in [1.807, 2.05) is 18.1 Å². The van der Waals surface area contributed by atoms with E-state index < -0.39 is 0 Å². The van der Waals surface area contributed by atoms with Gasteiger partial charge in [-0.1, -0.05) is 0 Å². The molecule has 0 aliphatic carbocycles. The van der Waals surface area contributed by atoms with Crippen molar-refractivity contribution in [2.24, 2.45) is 14.1 Å². The van der Waals surface area contributed by atoms with Crippen LogP contribution in [0.5, 0.6) is 0 Å². The molecular formula is C16H19N7O2. The lowest BCUT2D eigenvalue weighted by atomic mass is 10.1. The predicted molar refractivity (Wildman–Crippen MR) is 91.4 cm³/mol. The van der Waals surface area contributed by atoms with Gasteiger partial charge in [0.2, 0.25) is 5.95 Å². The third-order valence-corrected chi connectivity index (χ3v) is 4.48. The van der Waals surface area contributed by atoms with Crippen molar-refractivity contribution in [2.75, 3.05) is 24.6 Å². The zero-order valence-corrected chi connectivity index (χ0v) is 14.4. The SMILES string of the molecule is Cc1nc2cnc(N3CCOC(c4cnn(C)c4)C3)nc2c(=O)n1C. The van der Waals surface area contributed by atoms with Gasteiger partial charge >= 0.3 is 0 Å². The van der Waals surface area contributed by atoms with Crippen molar-refractivity contribution >= 4 is 17.0 Å². The van der Waals surface area contributed by atoms with Crippen LogP contribution in [0.3, 0.4) is 0 Å². The summed E-state index contributed by atoms with van der Waals surface area (Å²) in [4.78, 5) is 27.7. The Morgan fingerprint density at radius 2 is 2.08 bits per heavy atom. The quantitative estimate of drug-likeness (QED) is 0.664. The molecule has 0 radical (unpaired) electrons. The number of anilines is 1. The Morgan fingerprint density at radius 1 is 1.24 bits per heavy atom. The molecule has 0 amide bonds. The van der Waals surface area contributed by atoms with Gasteiger partial charge in [0.15, 0.2) is 5.52 Å². The minimum Gasteiger partial charge on any atom is -0.370 e. The second kappa shape index (κ2) is 5.92. The van der Waals surface area contributed by atoms with E-state index in [2.05, 4.69) is 20.1 Å². The van der Waals surface area contributed by atoms with Gasteiger partial charge in [0, 0.05) is 32.4 Å². The second-order valence-electron chi connectivity index (χ2n) is 6.18. The Balaban J connectivity index is 1.68. The van der Waals surface area contributed by atoms with Crippen LogP contribution in [0.25, 0.3) is 11.0 Å². The molecule has 9 nitrogen and oxygen atoms in total. The fourth-order valence-electron chi connectivity index (χ4n) is 2.95. The number of aryl methyl sites for hydroxylation is 2. The molecule has 0 saturated carbocycles. The van der Waals surface area contributed by atoms with Crippen LogP contribution in [0, 0.1) is 6.92 Å². The molecule has 1 unspecified atom stereocenters. The zero-order valence-electron chi connectivity index (χ0n) is 14.4. The molecule has 1 aliphatic rings. The molecule has 3 aromatic heterocycles. The standard InChI is InChI=1S/C16H19N7O2/c1-10-19-12-7-17-16(20-14(12)15(24)22(10)3)23-4-5-25-13(9-23)11-6-18-21(2)8-11/h6-8,13H,4-5,9H2,1-3H3. The van der Waals surface area contributed by atoms with Crippen LogP contribution >= 0.6 is 0 Å². The molecule has 3 aromatic rings. The van der Waals surface area contributed by atoms with Crippen LogP contribution in [-0.2, 0) is 18.8 Å². The number of fused-ring (bicyclic) bond motifs is 1. The average molecular weight is 341 g/mol. The summed E-state index contributed by atoms with van der Waals surface area (Å²) < 4.78 is 9.10. The fraction of sp³-hybridized carbons (Fsp3) is 0.438. The van der Waals surface area contributed by atoms with Crippen LogP contribution in [-0.4, -0.2) is 49.0 Å². The normalized spacial score (nSPS) is 18.0. The third kappa shape index (κ3) is 2.76. The number of morpholine rings is 1. The molecule has 1 saturated heterocycles. The van der Waals surface area contributed by atoms with Crippen LogP contribution in [0.1, 0.15) is 17.5 Å². The molecule has 0 spiro atoms. The summed E-state index contributed by atoms with van der Waals surface area (Å²) in [5.74, 6) is 1.16. The van der Waals surface area contributed by atoms with E-state index in [-0.39, 0.29) is 11.7 Å². The van der Waals surface area contributed by atoms with Crippen molar-refractivity contribution in [1.29, 1.82) is 0 Å². The minimum absolute atomic E-state index is 0.0966. The largest absolute Gasteiger partial charge is 0.370 e. The van der Waals surface area contributed by atoms with Gasteiger partial charge in [0.25, 0.3) is 5.56 Å². The lowest BCUT2D eigenvalue weighted by molar-refractivity contribution is 0.0392. The number of nitrogens with zero attached hydrogens (tertiary/aromatic N) is 7. The van der Waals surface area contributed by atoms with E-state index in [1.165, 1.54) is 4.57 Å². The van der Waals surface area contributed by atoms with Gasteiger partial charge in [0.05, 0.1) is 25.5 Å². The number of aromatic nitrogens is 6. The lowest BCUT2D eigenvalue weighted by Crippen LogP contribution is -2.39. The maximum Gasteiger partial charge on any atom is 0.279 e. The summed E-state index contributed by atoms with van der Waals surface area (Å²) in [6, 6.07) is 0. The van der Waals surface area contributed by atoms with Gasteiger partial charge in [-0.3, -0.25) is 14.0 Å². The minimum atomic E-state index is -0.164. The van der Waals surface area contributed by atoms with Gasteiger partial charge in [-0.05, 0) is 6.92 Å². The van der Waals surface area contributed by atoms with Crippen molar-refractivity contribution in [2.45, 2.75) is 13.0 Å². The van der Waals surface area contributed by atoms with Crippen LogP contribution in [0.15, 0.2) is 23.4 Å². The summed E-state index contributed by atoms with van der Waals surface area (Å²) in [5, 5.41) is 4.19. The summed E-state index contributed by atoms with van der Waals surface area (Å²) in [7, 11) is 3.57.